The van der Waals surface area contributed by atoms with Crippen LogP contribution in [-0.2, 0) is 4.74 Å². The van der Waals surface area contributed by atoms with Gasteiger partial charge < -0.3 is 15.8 Å². The third kappa shape index (κ3) is 3.22. The highest BCUT2D eigenvalue weighted by Gasteiger charge is 2.29. The summed E-state index contributed by atoms with van der Waals surface area (Å²) in [6.07, 6.45) is 1.87. The topological polar surface area (TPSA) is 47.3 Å². The van der Waals surface area contributed by atoms with Crippen molar-refractivity contribution in [2.24, 2.45) is 0 Å². The molecule has 0 amide bonds. The lowest BCUT2D eigenvalue weighted by Gasteiger charge is -2.36. The van der Waals surface area contributed by atoms with Gasteiger partial charge in [-0.15, -0.1) is 0 Å². The van der Waals surface area contributed by atoms with Gasteiger partial charge in [0.25, 0.3) is 0 Å². The Labute approximate surface area is 118 Å². The van der Waals surface area contributed by atoms with Gasteiger partial charge in [0.2, 0.25) is 0 Å². The first-order valence-electron chi connectivity index (χ1n) is 6.02. The van der Waals surface area contributed by atoms with Crippen LogP contribution in [0.2, 0.25) is 10.0 Å². The van der Waals surface area contributed by atoms with Gasteiger partial charge in [-0.2, -0.15) is 0 Å². The van der Waals surface area contributed by atoms with Gasteiger partial charge in [0.15, 0.2) is 0 Å². The van der Waals surface area contributed by atoms with Crippen molar-refractivity contribution in [3.05, 3.63) is 22.2 Å². The minimum Gasteiger partial charge on any atom is -0.399 e. The zero-order valence-corrected chi connectivity index (χ0v) is 12.1. The highest BCUT2D eigenvalue weighted by molar-refractivity contribution is 6.39. The summed E-state index contributed by atoms with van der Waals surface area (Å²) in [5, 5.41) is 4.52. The van der Waals surface area contributed by atoms with Gasteiger partial charge in [0.1, 0.15) is 0 Å². The number of benzene rings is 1. The predicted molar refractivity (Wildman–Crippen MR) is 77.6 cm³/mol. The van der Waals surface area contributed by atoms with E-state index in [2.05, 4.69) is 19.2 Å². The van der Waals surface area contributed by atoms with E-state index in [1.165, 1.54) is 0 Å². The van der Waals surface area contributed by atoms with Crippen LogP contribution in [-0.4, -0.2) is 18.2 Å². The Morgan fingerprint density at radius 2 is 1.94 bits per heavy atom. The number of rotatable bonds is 2. The van der Waals surface area contributed by atoms with Crippen LogP contribution in [0.1, 0.15) is 26.7 Å². The van der Waals surface area contributed by atoms with Crippen molar-refractivity contribution >= 4 is 34.6 Å². The van der Waals surface area contributed by atoms with Crippen LogP contribution in [0.3, 0.4) is 0 Å². The average molecular weight is 289 g/mol. The second-order valence-corrected chi connectivity index (χ2v) is 6.12. The van der Waals surface area contributed by atoms with E-state index in [0.29, 0.717) is 21.8 Å². The normalized spacial score (nSPS) is 22.8. The van der Waals surface area contributed by atoms with Gasteiger partial charge in [-0.25, -0.2) is 0 Å². The van der Waals surface area contributed by atoms with E-state index in [1.54, 1.807) is 12.1 Å². The molecule has 0 aromatic heterocycles. The Morgan fingerprint density at radius 3 is 2.50 bits per heavy atom. The van der Waals surface area contributed by atoms with Crippen LogP contribution < -0.4 is 11.1 Å². The maximum Gasteiger partial charge on any atom is 0.0722 e. The molecular formula is C13H18Cl2N2O. The van der Waals surface area contributed by atoms with Crippen LogP contribution in [0.4, 0.5) is 11.4 Å². The van der Waals surface area contributed by atoms with E-state index in [-0.39, 0.29) is 5.60 Å². The predicted octanol–water partition coefficient (Wildman–Crippen LogP) is 3.95. The molecule has 1 aliphatic heterocycles. The standard InChI is InChI=1S/C13H18Cl2N2O/c1-13(2)7-9(3-4-18-13)17-12-10(14)5-8(16)6-11(12)15/h5-6,9,17H,3-4,7,16H2,1-2H3. The van der Waals surface area contributed by atoms with Gasteiger partial charge in [-0.3, -0.25) is 0 Å². The van der Waals surface area contributed by atoms with Crippen LogP contribution >= 0.6 is 23.2 Å². The smallest absolute Gasteiger partial charge is 0.0722 e. The molecule has 1 saturated heterocycles. The fraction of sp³-hybridized carbons (Fsp3) is 0.538. The summed E-state index contributed by atoms with van der Waals surface area (Å²) in [5.41, 5.74) is 6.91. The molecule has 0 radical (unpaired) electrons. The number of halogens is 2. The van der Waals surface area contributed by atoms with Gasteiger partial charge in [-0.05, 0) is 38.8 Å². The van der Waals surface area contributed by atoms with E-state index in [4.69, 9.17) is 33.7 Å². The summed E-state index contributed by atoms with van der Waals surface area (Å²) in [5.74, 6) is 0. The Kier molecular flexibility index (Phi) is 3.95. The average Bonchev–Trinajstić information content (AvgIpc) is 2.22. The fourth-order valence-electron chi connectivity index (χ4n) is 2.29. The van der Waals surface area contributed by atoms with Crippen molar-refractivity contribution in [1.82, 2.24) is 0 Å². The van der Waals surface area contributed by atoms with Crippen molar-refractivity contribution < 1.29 is 4.74 Å². The van der Waals surface area contributed by atoms with E-state index in [9.17, 15) is 0 Å². The van der Waals surface area contributed by atoms with Crippen LogP contribution in [0.25, 0.3) is 0 Å². The Balaban J connectivity index is 2.14. The number of nitrogen functional groups attached to an aromatic ring is 1. The third-order valence-electron chi connectivity index (χ3n) is 3.11. The number of ether oxygens (including phenoxy) is 1. The lowest BCUT2D eigenvalue weighted by Crippen LogP contribution is -2.40. The van der Waals surface area contributed by atoms with Crippen LogP contribution in [0, 0.1) is 0 Å². The lowest BCUT2D eigenvalue weighted by atomic mass is 9.94. The summed E-state index contributed by atoms with van der Waals surface area (Å²) in [6.45, 7) is 4.93. The maximum atomic E-state index is 6.17. The molecule has 100 valence electrons. The minimum absolute atomic E-state index is 0.108. The zero-order valence-electron chi connectivity index (χ0n) is 10.6. The molecule has 0 bridgehead atoms. The van der Waals surface area contributed by atoms with Crippen LogP contribution in [0.5, 0.6) is 0 Å². The van der Waals surface area contributed by atoms with Crippen molar-refractivity contribution in [2.45, 2.75) is 38.3 Å². The molecule has 1 aromatic carbocycles. The SMILES string of the molecule is CC1(C)CC(Nc2c(Cl)cc(N)cc2Cl)CCO1. The third-order valence-corrected chi connectivity index (χ3v) is 3.71. The number of hydrogen-bond donors (Lipinski definition) is 2. The highest BCUT2D eigenvalue weighted by atomic mass is 35.5. The molecule has 0 spiro atoms. The number of hydrogen-bond acceptors (Lipinski definition) is 3. The van der Waals surface area contributed by atoms with E-state index in [1.807, 2.05) is 0 Å². The van der Waals surface area contributed by atoms with Crippen molar-refractivity contribution in [3.63, 3.8) is 0 Å². The molecule has 0 aliphatic carbocycles. The molecular weight excluding hydrogens is 271 g/mol. The Hall–Kier alpha value is -0.640. The van der Waals surface area contributed by atoms with Gasteiger partial charge in [0, 0.05) is 18.3 Å². The van der Waals surface area contributed by atoms with Crippen molar-refractivity contribution in [2.75, 3.05) is 17.7 Å². The number of anilines is 2. The first-order valence-corrected chi connectivity index (χ1v) is 6.78. The van der Waals surface area contributed by atoms with Gasteiger partial charge >= 0.3 is 0 Å². The molecule has 1 fully saturated rings. The number of nitrogens with one attached hydrogen (secondary N) is 1. The van der Waals surface area contributed by atoms with E-state index >= 15 is 0 Å². The van der Waals surface area contributed by atoms with E-state index in [0.717, 1.165) is 25.1 Å². The Bertz CT molecular complexity index is 426. The number of nitrogens with two attached hydrogens (primary N) is 1. The second kappa shape index (κ2) is 5.16. The summed E-state index contributed by atoms with van der Waals surface area (Å²) >= 11 is 12.3. The summed E-state index contributed by atoms with van der Waals surface area (Å²) < 4.78 is 5.69. The minimum atomic E-state index is -0.108. The van der Waals surface area contributed by atoms with Crippen LogP contribution in [0.15, 0.2) is 12.1 Å². The maximum absolute atomic E-state index is 6.17. The lowest BCUT2D eigenvalue weighted by molar-refractivity contribution is -0.0553. The van der Waals surface area contributed by atoms with Gasteiger partial charge in [0.05, 0.1) is 21.3 Å². The fourth-order valence-corrected chi connectivity index (χ4v) is 2.90. The largest absolute Gasteiger partial charge is 0.399 e. The molecule has 1 heterocycles. The summed E-state index contributed by atoms with van der Waals surface area (Å²) in [7, 11) is 0. The monoisotopic (exact) mass is 288 g/mol. The quantitative estimate of drug-likeness (QED) is 0.810. The van der Waals surface area contributed by atoms with Crippen molar-refractivity contribution in [1.29, 1.82) is 0 Å². The Morgan fingerprint density at radius 1 is 1.33 bits per heavy atom. The summed E-state index contributed by atoms with van der Waals surface area (Å²) in [4.78, 5) is 0. The highest BCUT2D eigenvalue weighted by Crippen LogP contribution is 2.35. The van der Waals surface area contributed by atoms with Gasteiger partial charge in [-0.1, -0.05) is 23.2 Å². The molecule has 0 saturated carbocycles. The molecule has 1 aromatic rings. The first kappa shape index (κ1) is 13.8. The molecule has 1 atom stereocenters. The zero-order chi connectivity index (χ0) is 13.3. The molecule has 2 rings (SSSR count). The second-order valence-electron chi connectivity index (χ2n) is 5.30. The molecule has 1 aliphatic rings. The first-order chi connectivity index (χ1) is 8.37. The molecule has 3 nitrogen and oxygen atoms in total. The molecule has 5 heteroatoms. The molecule has 18 heavy (non-hydrogen) atoms. The molecule has 1 unspecified atom stereocenters. The van der Waals surface area contributed by atoms with E-state index < -0.39 is 0 Å². The van der Waals surface area contributed by atoms with Crippen molar-refractivity contribution in [3.8, 4) is 0 Å². The molecule has 3 N–H and O–H groups in total. The summed E-state index contributed by atoms with van der Waals surface area (Å²) in [6, 6.07) is 3.73.